The average molecular weight is 201 g/mol. The van der Waals surface area contributed by atoms with Gasteiger partial charge in [0.15, 0.2) is 0 Å². The van der Waals surface area contributed by atoms with Gasteiger partial charge in [-0.2, -0.15) is 0 Å². The predicted octanol–water partition coefficient (Wildman–Crippen LogP) is 4.01. The van der Waals surface area contributed by atoms with Gasteiger partial charge in [0.1, 0.15) is 0 Å². The van der Waals surface area contributed by atoms with E-state index in [0.717, 1.165) is 12.1 Å². The van der Waals surface area contributed by atoms with Crippen LogP contribution < -0.4 is 0 Å². The van der Waals surface area contributed by atoms with Crippen LogP contribution in [0.25, 0.3) is 0 Å². The molecule has 15 heavy (non-hydrogen) atoms. The van der Waals surface area contributed by atoms with Gasteiger partial charge in [-0.1, -0.05) is 37.3 Å². The van der Waals surface area contributed by atoms with Crippen molar-refractivity contribution in [2.45, 2.75) is 33.1 Å². The van der Waals surface area contributed by atoms with Crippen molar-refractivity contribution in [1.82, 2.24) is 0 Å². The summed E-state index contributed by atoms with van der Waals surface area (Å²) in [6.07, 6.45) is 0.883. The molecule has 0 saturated carbocycles. The third-order valence-corrected chi connectivity index (χ3v) is 2.73. The van der Waals surface area contributed by atoms with E-state index in [4.69, 9.17) is 0 Å². The van der Waals surface area contributed by atoms with Crippen LogP contribution in [0.15, 0.2) is 35.5 Å². The van der Waals surface area contributed by atoms with E-state index in [9.17, 15) is 0 Å². The summed E-state index contributed by atoms with van der Waals surface area (Å²) in [5.41, 5.74) is 4.90. The third kappa shape index (κ3) is 3.05. The molecule has 0 amide bonds. The van der Waals surface area contributed by atoms with Gasteiger partial charge in [0.25, 0.3) is 0 Å². The molecule has 0 heterocycles. The van der Waals surface area contributed by atoms with Gasteiger partial charge in [-0.05, 0) is 44.0 Å². The van der Waals surface area contributed by atoms with E-state index in [2.05, 4.69) is 57.3 Å². The maximum absolute atomic E-state index is 3.86. The molecule has 1 aromatic carbocycles. The molecule has 0 spiro atoms. The molecule has 1 nitrogen and oxygen atoms in total. The zero-order chi connectivity index (χ0) is 11.4. The Kier molecular flexibility index (Phi) is 3.84. The lowest BCUT2D eigenvalue weighted by Gasteiger charge is -2.15. The molecule has 1 atom stereocenters. The third-order valence-electron chi connectivity index (χ3n) is 2.73. The number of aliphatic imine (C=N–C) groups is 1. The summed E-state index contributed by atoms with van der Waals surface area (Å²) in [6.45, 7) is 13.8. The summed E-state index contributed by atoms with van der Waals surface area (Å²) in [6, 6.07) is 6.56. The summed E-state index contributed by atoms with van der Waals surface area (Å²) >= 11 is 0. The second-order valence-corrected chi connectivity index (χ2v) is 4.19. The van der Waals surface area contributed by atoms with Gasteiger partial charge in [0, 0.05) is 5.70 Å². The predicted molar refractivity (Wildman–Crippen MR) is 67.6 cm³/mol. The minimum absolute atomic E-state index is 0.461. The highest BCUT2D eigenvalue weighted by atomic mass is 14.7. The smallest absolute Gasteiger partial charge is 0.0330 e. The minimum Gasteiger partial charge on any atom is -0.270 e. The summed E-state index contributed by atoms with van der Waals surface area (Å²) in [4.78, 5) is 3.86. The van der Waals surface area contributed by atoms with E-state index in [0.29, 0.717) is 5.92 Å². The average Bonchev–Trinajstić information content (AvgIpc) is 2.21. The van der Waals surface area contributed by atoms with Crippen molar-refractivity contribution in [3.8, 4) is 0 Å². The van der Waals surface area contributed by atoms with Crippen LogP contribution in [0, 0.1) is 13.8 Å². The van der Waals surface area contributed by atoms with Gasteiger partial charge in [0.05, 0.1) is 0 Å². The van der Waals surface area contributed by atoms with Crippen LogP contribution in [0.1, 0.15) is 36.0 Å². The highest BCUT2D eigenvalue weighted by molar-refractivity contribution is 5.34. The standard InChI is InChI=1S/C14H19N/c1-10-6-7-11(2)14(8-10)12(3)9-13(4)15-5/h6-8,12H,4-5,9H2,1-3H3. The summed E-state index contributed by atoms with van der Waals surface area (Å²) in [5.74, 6) is 0.461. The number of nitrogens with zero attached hydrogens (tertiary/aromatic N) is 1. The highest BCUT2D eigenvalue weighted by Gasteiger charge is 2.09. The number of benzene rings is 1. The molecule has 0 aliphatic heterocycles. The highest BCUT2D eigenvalue weighted by Crippen LogP contribution is 2.26. The number of hydrogen-bond donors (Lipinski definition) is 0. The Bertz CT molecular complexity index is 377. The zero-order valence-corrected chi connectivity index (χ0v) is 9.88. The van der Waals surface area contributed by atoms with Crippen LogP contribution in [-0.4, -0.2) is 6.72 Å². The largest absolute Gasteiger partial charge is 0.270 e. The minimum atomic E-state index is 0.461. The van der Waals surface area contributed by atoms with Crippen molar-refractivity contribution >= 4 is 6.72 Å². The molecule has 80 valence electrons. The lowest BCUT2D eigenvalue weighted by atomic mass is 9.91. The van der Waals surface area contributed by atoms with E-state index < -0.39 is 0 Å². The van der Waals surface area contributed by atoms with Crippen molar-refractivity contribution < 1.29 is 0 Å². The molecule has 0 saturated heterocycles. The summed E-state index contributed by atoms with van der Waals surface area (Å²) in [7, 11) is 0. The van der Waals surface area contributed by atoms with Crippen LogP contribution in [0.2, 0.25) is 0 Å². The van der Waals surface area contributed by atoms with Gasteiger partial charge in [-0.25, -0.2) is 0 Å². The van der Waals surface area contributed by atoms with E-state index in [1.54, 1.807) is 0 Å². The molecule has 1 unspecified atom stereocenters. The fourth-order valence-electron chi connectivity index (χ4n) is 1.82. The molecule has 0 aliphatic carbocycles. The Morgan fingerprint density at radius 2 is 2.07 bits per heavy atom. The van der Waals surface area contributed by atoms with Crippen LogP contribution in [0.5, 0.6) is 0 Å². The van der Waals surface area contributed by atoms with E-state index in [1.165, 1.54) is 16.7 Å². The lowest BCUT2D eigenvalue weighted by molar-refractivity contribution is 0.742. The van der Waals surface area contributed by atoms with Crippen LogP contribution >= 0.6 is 0 Å². The van der Waals surface area contributed by atoms with Crippen LogP contribution in [-0.2, 0) is 0 Å². The second kappa shape index (κ2) is 4.92. The molecular weight excluding hydrogens is 182 g/mol. The number of allylic oxidation sites excluding steroid dienone is 1. The maximum atomic E-state index is 3.86. The SMILES string of the molecule is C=NC(=C)CC(C)c1cc(C)ccc1C. The van der Waals surface area contributed by atoms with E-state index in [1.807, 2.05) is 0 Å². The van der Waals surface area contributed by atoms with Crippen molar-refractivity contribution in [2.24, 2.45) is 4.99 Å². The first-order valence-electron chi connectivity index (χ1n) is 5.26. The van der Waals surface area contributed by atoms with Crippen LogP contribution in [0.4, 0.5) is 0 Å². The Balaban J connectivity index is 2.90. The van der Waals surface area contributed by atoms with Gasteiger partial charge in [-0.3, -0.25) is 4.99 Å². The van der Waals surface area contributed by atoms with Crippen molar-refractivity contribution in [2.75, 3.05) is 0 Å². The normalized spacial score (nSPS) is 12.2. The second-order valence-electron chi connectivity index (χ2n) is 4.19. The molecule has 0 radical (unpaired) electrons. The summed E-state index contributed by atoms with van der Waals surface area (Å²) in [5, 5.41) is 0. The van der Waals surface area contributed by atoms with Crippen LogP contribution in [0.3, 0.4) is 0 Å². The molecule has 1 heteroatoms. The molecule has 0 bridgehead atoms. The number of rotatable bonds is 4. The molecule has 0 aliphatic rings. The first-order chi connectivity index (χ1) is 7.04. The first kappa shape index (κ1) is 11.7. The van der Waals surface area contributed by atoms with Crippen molar-refractivity contribution in [3.05, 3.63) is 47.2 Å². The Morgan fingerprint density at radius 3 is 2.67 bits per heavy atom. The molecule has 0 aromatic heterocycles. The molecule has 1 rings (SSSR count). The van der Waals surface area contributed by atoms with Crippen molar-refractivity contribution in [1.29, 1.82) is 0 Å². The topological polar surface area (TPSA) is 12.4 Å². The summed E-state index contributed by atoms with van der Waals surface area (Å²) < 4.78 is 0. The lowest BCUT2D eigenvalue weighted by Crippen LogP contribution is -1.98. The maximum Gasteiger partial charge on any atom is 0.0330 e. The fraction of sp³-hybridized carbons (Fsp3) is 0.357. The Labute approximate surface area is 92.6 Å². The molecule has 1 aromatic rings. The Morgan fingerprint density at radius 1 is 1.40 bits per heavy atom. The van der Waals surface area contributed by atoms with Gasteiger partial charge in [0.2, 0.25) is 0 Å². The number of hydrogen-bond acceptors (Lipinski definition) is 1. The van der Waals surface area contributed by atoms with E-state index in [-0.39, 0.29) is 0 Å². The number of aryl methyl sites for hydroxylation is 2. The molecule has 0 fully saturated rings. The van der Waals surface area contributed by atoms with Gasteiger partial charge in [-0.15, -0.1) is 0 Å². The van der Waals surface area contributed by atoms with E-state index >= 15 is 0 Å². The van der Waals surface area contributed by atoms with Gasteiger partial charge >= 0.3 is 0 Å². The fourth-order valence-corrected chi connectivity index (χ4v) is 1.82. The quantitative estimate of drug-likeness (QED) is 0.653. The zero-order valence-electron chi connectivity index (χ0n) is 9.88. The molecule has 0 N–H and O–H groups in total. The molecular formula is C14H19N. The van der Waals surface area contributed by atoms with Crippen molar-refractivity contribution in [3.63, 3.8) is 0 Å². The monoisotopic (exact) mass is 201 g/mol. The first-order valence-corrected chi connectivity index (χ1v) is 5.26. The van der Waals surface area contributed by atoms with Gasteiger partial charge < -0.3 is 0 Å². The Hall–Kier alpha value is -1.37.